The normalized spacial score (nSPS) is 10.3. The minimum Gasteiger partial charge on any atom is -0.497 e. The Labute approximate surface area is 155 Å². The van der Waals surface area contributed by atoms with E-state index in [0.717, 1.165) is 12.2 Å². The Balaban J connectivity index is 2.16. The monoisotopic (exact) mass is 370 g/mol. The van der Waals surface area contributed by atoms with Crippen molar-refractivity contribution in [1.82, 2.24) is 0 Å². The van der Waals surface area contributed by atoms with Gasteiger partial charge in [-0.3, -0.25) is 9.59 Å². The Bertz CT molecular complexity index is 892. The summed E-state index contributed by atoms with van der Waals surface area (Å²) in [5.41, 5.74) is 1.07. The Hall–Kier alpha value is -3.81. The van der Waals surface area contributed by atoms with Crippen LogP contribution < -0.4 is 20.1 Å². The fraction of sp³-hybridized carbons (Fsp3) is 0.105. The van der Waals surface area contributed by atoms with Crippen LogP contribution in [0.2, 0.25) is 0 Å². The Kier molecular flexibility index (Phi) is 6.54. The molecule has 0 atom stereocenters. The molecule has 0 aliphatic rings. The van der Waals surface area contributed by atoms with Crippen LogP contribution in [-0.4, -0.2) is 37.1 Å². The van der Waals surface area contributed by atoms with Gasteiger partial charge in [0.05, 0.1) is 19.9 Å². The molecule has 2 rings (SSSR count). The summed E-state index contributed by atoms with van der Waals surface area (Å²) in [5, 5.41) is 13.7. The van der Waals surface area contributed by atoms with Crippen LogP contribution in [0.1, 0.15) is 10.4 Å². The predicted molar refractivity (Wildman–Crippen MR) is 99.3 cm³/mol. The second kappa shape index (κ2) is 9.04. The third-order valence-electron chi connectivity index (χ3n) is 3.42. The molecule has 27 heavy (non-hydrogen) atoms. The molecule has 0 aliphatic heterocycles. The number of carboxylic acids is 1. The molecule has 0 aromatic heterocycles. The number of carbonyl (C=O) groups excluding carboxylic acids is 2. The number of amides is 2. The van der Waals surface area contributed by atoms with Crippen molar-refractivity contribution in [2.75, 3.05) is 24.9 Å². The molecule has 0 heterocycles. The predicted octanol–water partition coefficient (Wildman–Crippen LogP) is 2.54. The minimum atomic E-state index is -1.23. The molecule has 2 aromatic carbocycles. The van der Waals surface area contributed by atoms with Crippen molar-refractivity contribution in [3.63, 3.8) is 0 Å². The zero-order valence-corrected chi connectivity index (χ0v) is 14.7. The lowest BCUT2D eigenvalue weighted by Crippen LogP contribution is -2.14. The van der Waals surface area contributed by atoms with E-state index in [2.05, 4.69) is 10.6 Å². The molecule has 0 saturated heterocycles. The summed E-state index contributed by atoms with van der Waals surface area (Å²) in [7, 11) is 3.00. The molecule has 0 radical (unpaired) electrons. The van der Waals surface area contributed by atoms with Crippen LogP contribution in [0.5, 0.6) is 11.5 Å². The first-order valence-corrected chi connectivity index (χ1v) is 7.78. The van der Waals surface area contributed by atoms with E-state index in [1.54, 1.807) is 36.4 Å². The van der Waals surface area contributed by atoms with E-state index in [1.165, 1.54) is 20.3 Å². The third kappa shape index (κ3) is 5.60. The number of aliphatic carboxylic acids is 1. The number of carboxylic acid groups (broad SMARTS) is 1. The molecule has 140 valence electrons. The lowest BCUT2D eigenvalue weighted by molar-refractivity contribution is -0.131. The zero-order chi connectivity index (χ0) is 19.8. The van der Waals surface area contributed by atoms with E-state index in [1.807, 2.05) is 0 Å². The van der Waals surface area contributed by atoms with Crippen molar-refractivity contribution in [3.05, 3.63) is 60.2 Å². The van der Waals surface area contributed by atoms with Crippen LogP contribution in [-0.2, 0) is 9.59 Å². The molecule has 0 fully saturated rings. The second-order valence-electron chi connectivity index (χ2n) is 5.26. The Morgan fingerprint density at radius 2 is 1.74 bits per heavy atom. The molecule has 0 aliphatic carbocycles. The van der Waals surface area contributed by atoms with E-state index in [-0.39, 0.29) is 0 Å². The van der Waals surface area contributed by atoms with Gasteiger partial charge >= 0.3 is 5.97 Å². The first-order valence-electron chi connectivity index (χ1n) is 7.78. The largest absolute Gasteiger partial charge is 0.497 e. The first kappa shape index (κ1) is 19.5. The smallest absolute Gasteiger partial charge is 0.328 e. The summed E-state index contributed by atoms with van der Waals surface area (Å²) >= 11 is 0. The number of anilines is 2. The van der Waals surface area contributed by atoms with Gasteiger partial charge in [0, 0.05) is 29.5 Å². The van der Waals surface area contributed by atoms with E-state index >= 15 is 0 Å². The molecule has 0 unspecified atom stereocenters. The average molecular weight is 370 g/mol. The van der Waals surface area contributed by atoms with Gasteiger partial charge in [-0.1, -0.05) is 6.07 Å². The van der Waals surface area contributed by atoms with Crippen molar-refractivity contribution < 1.29 is 29.0 Å². The number of hydrogen-bond acceptors (Lipinski definition) is 5. The highest BCUT2D eigenvalue weighted by Gasteiger charge is 2.12. The van der Waals surface area contributed by atoms with Gasteiger partial charge in [-0.2, -0.15) is 0 Å². The molecule has 8 heteroatoms. The molecule has 0 spiro atoms. The van der Waals surface area contributed by atoms with E-state index < -0.39 is 17.8 Å². The van der Waals surface area contributed by atoms with Gasteiger partial charge in [-0.15, -0.1) is 0 Å². The summed E-state index contributed by atoms with van der Waals surface area (Å²) in [5.74, 6) is -1.25. The van der Waals surface area contributed by atoms with Crippen molar-refractivity contribution >= 4 is 29.2 Å². The van der Waals surface area contributed by atoms with Gasteiger partial charge in [0.15, 0.2) is 0 Å². The Morgan fingerprint density at radius 3 is 2.41 bits per heavy atom. The van der Waals surface area contributed by atoms with E-state index in [4.69, 9.17) is 14.6 Å². The fourth-order valence-electron chi connectivity index (χ4n) is 2.18. The van der Waals surface area contributed by atoms with Crippen LogP contribution in [0.15, 0.2) is 54.6 Å². The maximum atomic E-state index is 12.5. The lowest BCUT2D eigenvalue weighted by atomic mass is 10.1. The first-order chi connectivity index (χ1) is 12.9. The van der Waals surface area contributed by atoms with Crippen molar-refractivity contribution in [3.8, 4) is 11.5 Å². The van der Waals surface area contributed by atoms with Crippen LogP contribution in [0.3, 0.4) is 0 Å². The number of ether oxygens (including phenoxy) is 2. The van der Waals surface area contributed by atoms with Crippen molar-refractivity contribution in [2.45, 2.75) is 0 Å². The van der Waals surface area contributed by atoms with Gasteiger partial charge in [0.25, 0.3) is 5.91 Å². The number of hydrogen-bond donors (Lipinski definition) is 3. The summed E-state index contributed by atoms with van der Waals surface area (Å²) in [6.07, 6.45) is 1.61. The third-order valence-corrected chi connectivity index (χ3v) is 3.42. The highest BCUT2D eigenvalue weighted by Crippen LogP contribution is 2.29. The number of benzene rings is 2. The van der Waals surface area contributed by atoms with Crippen LogP contribution in [0, 0.1) is 0 Å². The summed E-state index contributed by atoms with van der Waals surface area (Å²) in [4.78, 5) is 34.6. The highest BCUT2D eigenvalue weighted by molar-refractivity contribution is 6.07. The van der Waals surface area contributed by atoms with Gasteiger partial charge in [0.1, 0.15) is 11.5 Å². The van der Waals surface area contributed by atoms with Gasteiger partial charge in [0.2, 0.25) is 5.91 Å². The van der Waals surface area contributed by atoms with Crippen molar-refractivity contribution in [2.24, 2.45) is 0 Å². The molecule has 8 nitrogen and oxygen atoms in total. The van der Waals surface area contributed by atoms with Gasteiger partial charge in [-0.05, 0) is 30.3 Å². The quantitative estimate of drug-likeness (QED) is 0.646. The topological polar surface area (TPSA) is 114 Å². The van der Waals surface area contributed by atoms with Gasteiger partial charge < -0.3 is 25.2 Å². The highest BCUT2D eigenvalue weighted by atomic mass is 16.5. The lowest BCUT2D eigenvalue weighted by Gasteiger charge is -2.12. The van der Waals surface area contributed by atoms with E-state index in [9.17, 15) is 14.4 Å². The number of carbonyl (C=O) groups is 3. The summed E-state index contributed by atoms with van der Waals surface area (Å²) in [6.45, 7) is 0. The SMILES string of the molecule is COc1ccc(OC)c(NC(=O)c2cccc(NC(=O)C=CC(=O)O)c2)c1. The molecule has 2 amide bonds. The zero-order valence-electron chi connectivity index (χ0n) is 14.7. The number of nitrogens with one attached hydrogen (secondary N) is 2. The average Bonchev–Trinajstić information content (AvgIpc) is 2.66. The second-order valence-corrected chi connectivity index (χ2v) is 5.26. The van der Waals surface area contributed by atoms with Crippen LogP contribution in [0.25, 0.3) is 0 Å². The molecule has 0 saturated carbocycles. The summed E-state index contributed by atoms with van der Waals surface area (Å²) < 4.78 is 10.4. The number of methoxy groups -OCH3 is 2. The Morgan fingerprint density at radius 1 is 0.963 bits per heavy atom. The standard InChI is InChI=1S/C19H18N2O6/c1-26-14-6-7-16(27-2)15(11-14)21-19(25)12-4-3-5-13(10-12)20-17(22)8-9-18(23)24/h3-11H,1-2H3,(H,20,22)(H,21,25)(H,23,24). The van der Waals surface area contributed by atoms with E-state index in [0.29, 0.717) is 28.4 Å². The van der Waals surface area contributed by atoms with Crippen LogP contribution in [0.4, 0.5) is 11.4 Å². The molecular formula is C19H18N2O6. The fourth-order valence-corrected chi connectivity index (χ4v) is 2.18. The van der Waals surface area contributed by atoms with Crippen molar-refractivity contribution in [1.29, 1.82) is 0 Å². The minimum absolute atomic E-state index is 0.292. The van der Waals surface area contributed by atoms with Crippen LogP contribution >= 0.6 is 0 Å². The maximum Gasteiger partial charge on any atom is 0.328 e. The molecular weight excluding hydrogens is 352 g/mol. The van der Waals surface area contributed by atoms with Gasteiger partial charge in [-0.25, -0.2) is 4.79 Å². The molecule has 0 bridgehead atoms. The maximum absolute atomic E-state index is 12.5. The summed E-state index contributed by atoms with van der Waals surface area (Å²) in [6, 6.07) is 11.2. The molecule has 2 aromatic rings. The number of rotatable bonds is 7. The molecule has 3 N–H and O–H groups in total.